The molecule has 3 rings (SSSR count). The molecular weight excluding hydrogens is 360 g/mol. The Labute approximate surface area is 163 Å². The van der Waals surface area contributed by atoms with Gasteiger partial charge in [-0.25, -0.2) is 0 Å². The van der Waals surface area contributed by atoms with Crippen LogP contribution < -0.4 is 5.32 Å². The number of carbonyl (C=O) groups excluding carboxylic acids is 1. The van der Waals surface area contributed by atoms with Gasteiger partial charge in [0, 0.05) is 18.5 Å². The summed E-state index contributed by atoms with van der Waals surface area (Å²) in [5.74, 6) is 0.644. The fourth-order valence-corrected chi connectivity index (χ4v) is 3.49. The highest BCUT2D eigenvalue weighted by Gasteiger charge is 2.15. The highest BCUT2D eigenvalue weighted by Crippen LogP contribution is 2.20. The zero-order chi connectivity index (χ0) is 19.1. The first-order valence-corrected chi connectivity index (χ1v) is 9.86. The number of carbonyl (C=O) groups is 1. The average molecular weight is 385 g/mol. The Kier molecular flexibility index (Phi) is 6.67. The third-order valence-electron chi connectivity index (χ3n) is 4.29. The number of hydrogen-bond donors (Lipinski definition) is 1. The molecule has 27 heavy (non-hydrogen) atoms. The molecule has 0 saturated heterocycles. The van der Waals surface area contributed by atoms with Crippen LogP contribution in [0.25, 0.3) is 11.4 Å². The van der Waals surface area contributed by atoms with Crippen molar-refractivity contribution in [3.63, 3.8) is 0 Å². The Hall–Kier alpha value is -2.58. The Bertz CT molecular complexity index is 831. The second kappa shape index (κ2) is 9.38. The predicted octanol–water partition coefficient (Wildman–Crippen LogP) is 2.60. The number of aryl methyl sites for hydroxylation is 1. The van der Waals surface area contributed by atoms with Gasteiger partial charge in [-0.2, -0.15) is 16.1 Å². The highest BCUT2D eigenvalue weighted by atomic mass is 32.1. The summed E-state index contributed by atoms with van der Waals surface area (Å²) in [6.45, 7) is 1.16. The van der Waals surface area contributed by atoms with Gasteiger partial charge in [0.25, 0.3) is 0 Å². The summed E-state index contributed by atoms with van der Waals surface area (Å²) in [4.78, 5) is 15.8. The van der Waals surface area contributed by atoms with E-state index in [-0.39, 0.29) is 11.9 Å². The molecule has 3 aromatic rings. The number of hydrogen-bond acceptors (Lipinski definition) is 6. The number of thiophene rings is 1. The molecule has 7 nitrogen and oxygen atoms in total. The van der Waals surface area contributed by atoms with Crippen LogP contribution in [0.2, 0.25) is 0 Å². The van der Waals surface area contributed by atoms with Crippen molar-refractivity contribution in [3.8, 4) is 11.4 Å². The molecule has 0 radical (unpaired) electrons. The molecule has 8 heteroatoms. The van der Waals surface area contributed by atoms with Crippen LogP contribution in [0.3, 0.4) is 0 Å². The molecule has 1 aromatic carbocycles. The van der Waals surface area contributed by atoms with Crippen molar-refractivity contribution in [2.75, 3.05) is 20.6 Å². The topological polar surface area (TPSA) is 75.9 Å². The van der Waals surface area contributed by atoms with Gasteiger partial charge in [0.05, 0.1) is 12.6 Å². The van der Waals surface area contributed by atoms with Crippen LogP contribution in [0, 0.1) is 0 Å². The van der Waals surface area contributed by atoms with Crippen molar-refractivity contribution < 1.29 is 4.79 Å². The zero-order valence-corrected chi connectivity index (χ0v) is 16.4. The number of amides is 1. The highest BCUT2D eigenvalue weighted by molar-refractivity contribution is 7.07. The minimum absolute atomic E-state index is 0.0421. The van der Waals surface area contributed by atoms with Crippen LogP contribution in [0.15, 0.2) is 47.2 Å². The van der Waals surface area contributed by atoms with Crippen LogP contribution in [-0.4, -0.2) is 51.7 Å². The molecule has 142 valence electrons. The van der Waals surface area contributed by atoms with E-state index in [4.69, 9.17) is 0 Å². The van der Waals surface area contributed by atoms with E-state index in [2.05, 4.69) is 42.5 Å². The van der Waals surface area contributed by atoms with Gasteiger partial charge in [-0.1, -0.05) is 30.3 Å². The first-order valence-electron chi connectivity index (χ1n) is 8.92. The lowest BCUT2D eigenvalue weighted by atomic mass is 10.1. The molecule has 2 heterocycles. The van der Waals surface area contributed by atoms with Gasteiger partial charge in [0.15, 0.2) is 0 Å². The number of tetrazole rings is 1. The van der Waals surface area contributed by atoms with Crippen LogP contribution in [-0.2, 0) is 11.3 Å². The minimum atomic E-state index is 0.0421. The second-order valence-corrected chi connectivity index (χ2v) is 7.30. The van der Waals surface area contributed by atoms with E-state index in [9.17, 15) is 4.79 Å². The van der Waals surface area contributed by atoms with Crippen LogP contribution in [0.1, 0.15) is 24.4 Å². The van der Waals surface area contributed by atoms with Crippen molar-refractivity contribution in [1.29, 1.82) is 0 Å². The molecule has 1 amide bonds. The first-order chi connectivity index (χ1) is 13.1. The molecule has 0 spiro atoms. The average Bonchev–Trinajstić information content (AvgIpc) is 3.35. The Morgan fingerprint density at radius 3 is 2.78 bits per heavy atom. The summed E-state index contributed by atoms with van der Waals surface area (Å²) in [7, 11) is 4.05. The third kappa shape index (κ3) is 5.45. The van der Waals surface area contributed by atoms with Crippen LogP contribution in [0.4, 0.5) is 0 Å². The van der Waals surface area contributed by atoms with Gasteiger partial charge < -0.3 is 10.2 Å². The quantitative estimate of drug-likeness (QED) is 0.614. The summed E-state index contributed by atoms with van der Waals surface area (Å²) in [6, 6.07) is 12.0. The monoisotopic (exact) mass is 384 g/mol. The molecule has 0 fully saturated rings. The van der Waals surface area contributed by atoms with E-state index in [1.54, 1.807) is 16.1 Å². The first kappa shape index (κ1) is 19.2. The van der Waals surface area contributed by atoms with E-state index in [0.29, 0.717) is 31.8 Å². The fraction of sp³-hybridized carbons (Fsp3) is 0.368. The molecule has 1 unspecified atom stereocenters. The molecule has 0 aliphatic rings. The Morgan fingerprint density at radius 1 is 1.26 bits per heavy atom. The van der Waals surface area contributed by atoms with Gasteiger partial charge in [-0.05, 0) is 48.1 Å². The predicted molar refractivity (Wildman–Crippen MR) is 106 cm³/mol. The normalized spacial score (nSPS) is 12.3. The number of nitrogens with one attached hydrogen (secondary N) is 1. The van der Waals surface area contributed by atoms with Crippen molar-refractivity contribution in [3.05, 3.63) is 52.7 Å². The van der Waals surface area contributed by atoms with Crippen LogP contribution >= 0.6 is 11.3 Å². The van der Waals surface area contributed by atoms with Crippen molar-refractivity contribution in [2.24, 2.45) is 0 Å². The molecule has 2 aromatic heterocycles. The van der Waals surface area contributed by atoms with Gasteiger partial charge in [-0.3, -0.25) is 4.79 Å². The van der Waals surface area contributed by atoms with E-state index < -0.39 is 0 Å². The summed E-state index contributed by atoms with van der Waals surface area (Å²) >= 11 is 1.67. The largest absolute Gasteiger partial charge is 0.354 e. The fourth-order valence-electron chi connectivity index (χ4n) is 2.78. The number of rotatable bonds is 9. The summed E-state index contributed by atoms with van der Waals surface area (Å²) < 4.78 is 0. The third-order valence-corrected chi connectivity index (χ3v) is 4.99. The maximum absolute atomic E-state index is 12.2. The van der Waals surface area contributed by atoms with Crippen molar-refractivity contribution >= 4 is 17.2 Å². The van der Waals surface area contributed by atoms with E-state index in [0.717, 1.165) is 5.56 Å². The Morgan fingerprint density at radius 2 is 2.07 bits per heavy atom. The number of nitrogens with zero attached hydrogens (tertiary/aromatic N) is 5. The molecule has 0 saturated carbocycles. The summed E-state index contributed by atoms with van der Waals surface area (Å²) in [6.07, 6.45) is 1.10. The van der Waals surface area contributed by atoms with Gasteiger partial charge in [0.1, 0.15) is 0 Å². The number of aromatic nitrogens is 4. The molecule has 0 aliphatic carbocycles. The number of likely N-dealkylation sites (N-methyl/N-ethyl adjacent to an activating group) is 1. The van der Waals surface area contributed by atoms with E-state index in [1.165, 1.54) is 5.56 Å². The van der Waals surface area contributed by atoms with Crippen LogP contribution in [0.5, 0.6) is 0 Å². The molecule has 0 bridgehead atoms. The molecule has 1 atom stereocenters. The summed E-state index contributed by atoms with van der Waals surface area (Å²) in [5, 5.41) is 19.7. The van der Waals surface area contributed by atoms with E-state index >= 15 is 0 Å². The maximum Gasteiger partial charge on any atom is 0.220 e. The SMILES string of the molecule is CN(C)C(CNC(=O)CCCn1nnc(-c2ccccc2)n1)c1ccsc1. The second-order valence-electron chi connectivity index (χ2n) is 6.52. The smallest absolute Gasteiger partial charge is 0.220 e. The van der Waals surface area contributed by atoms with Crippen molar-refractivity contribution in [2.45, 2.75) is 25.4 Å². The van der Waals surface area contributed by atoms with Gasteiger partial charge >= 0.3 is 0 Å². The van der Waals surface area contributed by atoms with Crippen molar-refractivity contribution in [1.82, 2.24) is 30.4 Å². The zero-order valence-electron chi connectivity index (χ0n) is 15.6. The molecular formula is C19H24N6OS. The lowest BCUT2D eigenvalue weighted by Gasteiger charge is -2.24. The van der Waals surface area contributed by atoms with Gasteiger partial charge in [-0.15, -0.1) is 10.2 Å². The standard InChI is InChI=1S/C19H24N6OS/c1-24(2)17(16-10-12-27-14-16)13-20-18(26)9-6-11-25-22-19(21-23-25)15-7-4-3-5-8-15/h3-5,7-8,10,12,14,17H,6,9,11,13H2,1-2H3,(H,20,26). The lowest BCUT2D eigenvalue weighted by molar-refractivity contribution is -0.121. The van der Waals surface area contributed by atoms with Gasteiger partial charge in [0.2, 0.25) is 11.7 Å². The lowest BCUT2D eigenvalue weighted by Crippen LogP contribution is -2.34. The number of benzene rings is 1. The van der Waals surface area contributed by atoms with E-state index in [1.807, 2.05) is 44.4 Å². The minimum Gasteiger partial charge on any atom is -0.354 e. The molecule has 1 N–H and O–H groups in total. The Balaban J connectivity index is 1.43. The molecule has 0 aliphatic heterocycles. The maximum atomic E-state index is 12.2. The summed E-state index contributed by atoms with van der Waals surface area (Å²) in [5.41, 5.74) is 2.16.